The molecule has 0 amide bonds. The Bertz CT molecular complexity index is 375. The van der Waals surface area contributed by atoms with Gasteiger partial charge >= 0.3 is 0 Å². The molecule has 1 aromatic heterocycles. The zero-order valence-electron chi connectivity index (χ0n) is 10.4. The van der Waals surface area contributed by atoms with E-state index >= 15 is 0 Å². The third-order valence-electron chi connectivity index (χ3n) is 2.36. The molecule has 0 aromatic carbocycles. The minimum absolute atomic E-state index is 0.657. The third-order valence-corrected chi connectivity index (χ3v) is 2.36. The van der Waals surface area contributed by atoms with Gasteiger partial charge in [-0.25, -0.2) is 4.98 Å². The standard InChI is InChI=1S/C12H19N3O/c1-9-7-10(2)14-12(11(9)8-16)13-5-6-15(3)4/h7-8H,5-6H2,1-4H3,(H,13,14). The van der Waals surface area contributed by atoms with Gasteiger partial charge in [0, 0.05) is 18.8 Å². The second-order valence-corrected chi connectivity index (χ2v) is 4.19. The number of aryl methyl sites for hydroxylation is 2. The molecule has 0 fully saturated rings. The van der Waals surface area contributed by atoms with Crippen LogP contribution in [0.15, 0.2) is 6.07 Å². The van der Waals surface area contributed by atoms with E-state index in [1.54, 1.807) is 0 Å². The van der Waals surface area contributed by atoms with Crippen molar-refractivity contribution in [2.75, 3.05) is 32.5 Å². The molecule has 0 bridgehead atoms. The number of aldehydes is 1. The molecule has 4 heteroatoms. The summed E-state index contributed by atoms with van der Waals surface area (Å²) in [6.45, 7) is 5.55. The smallest absolute Gasteiger partial charge is 0.154 e. The summed E-state index contributed by atoms with van der Waals surface area (Å²) >= 11 is 0. The van der Waals surface area contributed by atoms with Crippen molar-refractivity contribution in [3.63, 3.8) is 0 Å². The van der Waals surface area contributed by atoms with Gasteiger partial charge in [0.15, 0.2) is 6.29 Å². The number of nitrogens with zero attached hydrogens (tertiary/aromatic N) is 2. The summed E-state index contributed by atoms with van der Waals surface area (Å²) in [6.07, 6.45) is 0.861. The van der Waals surface area contributed by atoms with Crippen LogP contribution in [0.1, 0.15) is 21.6 Å². The number of aromatic nitrogens is 1. The van der Waals surface area contributed by atoms with Crippen molar-refractivity contribution in [2.24, 2.45) is 0 Å². The van der Waals surface area contributed by atoms with Crippen LogP contribution in [0.3, 0.4) is 0 Å². The number of pyridine rings is 1. The van der Waals surface area contributed by atoms with Crippen molar-refractivity contribution in [1.29, 1.82) is 0 Å². The fourth-order valence-corrected chi connectivity index (χ4v) is 1.53. The zero-order valence-corrected chi connectivity index (χ0v) is 10.4. The summed E-state index contributed by atoms with van der Waals surface area (Å²) in [5, 5.41) is 3.19. The zero-order chi connectivity index (χ0) is 12.1. The number of hydrogen-bond acceptors (Lipinski definition) is 4. The number of rotatable bonds is 5. The molecule has 0 radical (unpaired) electrons. The SMILES string of the molecule is Cc1cc(C)c(C=O)c(NCCN(C)C)n1. The molecule has 4 nitrogen and oxygen atoms in total. The fourth-order valence-electron chi connectivity index (χ4n) is 1.53. The molecular weight excluding hydrogens is 202 g/mol. The van der Waals surface area contributed by atoms with Crippen molar-refractivity contribution in [3.05, 3.63) is 22.9 Å². The molecule has 0 aliphatic heterocycles. The topological polar surface area (TPSA) is 45.2 Å². The first kappa shape index (κ1) is 12.6. The predicted octanol–water partition coefficient (Wildman–Crippen LogP) is 1.48. The molecule has 1 rings (SSSR count). The van der Waals surface area contributed by atoms with E-state index in [0.717, 1.165) is 30.6 Å². The minimum atomic E-state index is 0.657. The quantitative estimate of drug-likeness (QED) is 0.765. The van der Waals surface area contributed by atoms with Crippen LogP contribution in [0.2, 0.25) is 0 Å². The van der Waals surface area contributed by atoms with Crippen LogP contribution in [0.4, 0.5) is 5.82 Å². The maximum Gasteiger partial charge on any atom is 0.154 e. The largest absolute Gasteiger partial charge is 0.368 e. The highest BCUT2D eigenvalue weighted by Gasteiger charge is 2.07. The number of likely N-dealkylation sites (N-methyl/N-ethyl adjacent to an activating group) is 1. The number of carbonyl (C=O) groups excluding carboxylic acids is 1. The van der Waals surface area contributed by atoms with Crippen molar-refractivity contribution in [3.8, 4) is 0 Å². The highest BCUT2D eigenvalue weighted by atomic mass is 16.1. The molecule has 0 saturated heterocycles. The average Bonchev–Trinajstić information content (AvgIpc) is 2.16. The lowest BCUT2D eigenvalue weighted by Gasteiger charge is -2.13. The lowest BCUT2D eigenvalue weighted by atomic mass is 10.1. The highest BCUT2D eigenvalue weighted by Crippen LogP contribution is 2.16. The second kappa shape index (κ2) is 5.61. The van der Waals surface area contributed by atoms with E-state index in [0.29, 0.717) is 11.4 Å². The van der Waals surface area contributed by atoms with Gasteiger partial charge in [-0.3, -0.25) is 4.79 Å². The summed E-state index contributed by atoms with van der Waals surface area (Å²) in [4.78, 5) is 17.4. The Morgan fingerprint density at radius 2 is 2.12 bits per heavy atom. The van der Waals surface area contributed by atoms with Crippen LogP contribution in [0, 0.1) is 13.8 Å². The van der Waals surface area contributed by atoms with E-state index in [1.165, 1.54) is 0 Å². The number of carbonyl (C=O) groups is 1. The average molecular weight is 221 g/mol. The van der Waals surface area contributed by atoms with Crippen molar-refractivity contribution < 1.29 is 4.79 Å². The molecule has 1 N–H and O–H groups in total. The van der Waals surface area contributed by atoms with Gasteiger partial charge in [-0.15, -0.1) is 0 Å². The van der Waals surface area contributed by atoms with Crippen LogP contribution < -0.4 is 5.32 Å². The van der Waals surface area contributed by atoms with E-state index in [-0.39, 0.29) is 0 Å². The van der Waals surface area contributed by atoms with E-state index in [9.17, 15) is 4.79 Å². The molecule has 0 spiro atoms. The van der Waals surface area contributed by atoms with E-state index < -0.39 is 0 Å². The summed E-state index contributed by atoms with van der Waals surface area (Å²) in [7, 11) is 4.02. The van der Waals surface area contributed by atoms with Crippen LogP contribution >= 0.6 is 0 Å². The Morgan fingerprint density at radius 1 is 1.44 bits per heavy atom. The maximum absolute atomic E-state index is 11.0. The normalized spacial score (nSPS) is 10.6. The lowest BCUT2D eigenvalue weighted by Crippen LogP contribution is -2.21. The molecular formula is C12H19N3O. The van der Waals surface area contributed by atoms with E-state index in [2.05, 4.69) is 15.2 Å². The first-order valence-corrected chi connectivity index (χ1v) is 5.36. The number of anilines is 1. The third kappa shape index (κ3) is 3.31. The van der Waals surface area contributed by atoms with E-state index in [1.807, 2.05) is 34.0 Å². The first-order valence-electron chi connectivity index (χ1n) is 5.36. The van der Waals surface area contributed by atoms with E-state index in [4.69, 9.17) is 0 Å². The van der Waals surface area contributed by atoms with Gasteiger partial charge in [-0.05, 0) is 39.6 Å². The van der Waals surface area contributed by atoms with Gasteiger partial charge in [0.05, 0.1) is 5.56 Å². The second-order valence-electron chi connectivity index (χ2n) is 4.19. The Balaban J connectivity index is 2.81. The van der Waals surface area contributed by atoms with Gasteiger partial charge < -0.3 is 10.2 Å². The molecule has 88 valence electrons. The lowest BCUT2D eigenvalue weighted by molar-refractivity contribution is 0.112. The van der Waals surface area contributed by atoms with Gasteiger partial charge in [-0.2, -0.15) is 0 Å². The molecule has 1 heterocycles. The molecule has 0 saturated carbocycles. The van der Waals surface area contributed by atoms with Crippen LogP contribution in [-0.2, 0) is 0 Å². The Hall–Kier alpha value is -1.42. The molecule has 0 unspecified atom stereocenters. The van der Waals surface area contributed by atoms with Gasteiger partial charge in [-0.1, -0.05) is 0 Å². The van der Waals surface area contributed by atoms with Crippen molar-refractivity contribution >= 4 is 12.1 Å². The number of nitrogens with one attached hydrogen (secondary N) is 1. The van der Waals surface area contributed by atoms with Gasteiger partial charge in [0.2, 0.25) is 0 Å². The van der Waals surface area contributed by atoms with Gasteiger partial charge in [0.1, 0.15) is 5.82 Å². The van der Waals surface area contributed by atoms with Crippen molar-refractivity contribution in [1.82, 2.24) is 9.88 Å². The minimum Gasteiger partial charge on any atom is -0.368 e. The van der Waals surface area contributed by atoms with Crippen molar-refractivity contribution in [2.45, 2.75) is 13.8 Å². The van der Waals surface area contributed by atoms with Crippen LogP contribution in [-0.4, -0.2) is 43.4 Å². The summed E-state index contributed by atoms with van der Waals surface area (Å²) in [5.41, 5.74) is 2.55. The molecule has 0 atom stereocenters. The molecule has 0 aliphatic rings. The highest BCUT2D eigenvalue weighted by molar-refractivity contribution is 5.84. The molecule has 16 heavy (non-hydrogen) atoms. The summed E-state index contributed by atoms with van der Waals surface area (Å²) in [5.74, 6) is 0.689. The van der Waals surface area contributed by atoms with Gasteiger partial charge in [0.25, 0.3) is 0 Å². The monoisotopic (exact) mass is 221 g/mol. The predicted molar refractivity (Wildman–Crippen MR) is 66.1 cm³/mol. The molecule has 0 aliphatic carbocycles. The Morgan fingerprint density at radius 3 is 2.69 bits per heavy atom. The molecule has 1 aromatic rings. The summed E-state index contributed by atoms with van der Waals surface area (Å²) < 4.78 is 0. The Kier molecular flexibility index (Phi) is 4.43. The van der Waals surface area contributed by atoms with Crippen LogP contribution in [0.25, 0.3) is 0 Å². The first-order chi connectivity index (χ1) is 7.54. The fraction of sp³-hybridized carbons (Fsp3) is 0.500. The van der Waals surface area contributed by atoms with Crippen LogP contribution in [0.5, 0.6) is 0 Å². The Labute approximate surface area is 96.7 Å². The number of hydrogen-bond donors (Lipinski definition) is 1. The maximum atomic E-state index is 11.0. The summed E-state index contributed by atoms with van der Waals surface area (Å²) in [6, 6.07) is 1.92.